The van der Waals surface area contributed by atoms with Crippen LogP contribution in [0.3, 0.4) is 0 Å². The van der Waals surface area contributed by atoms with Crippen LogP contribution in [0.5, 0.6) is 5.75 Å². The van der Waals surface area contributed by atoms with Crippen LogP contribution in [0.4, 0.5) is 10.2 Å². The second-order valence-corrected chi connectivity index (χ2v) is 4.92. The molecule has 0 amide bonds. The van der Waals surface area contributed by atoms with Gasteiger partial charge in [-0.25, -0.2) is 9.37 Å². The second kappa shape index (κ2) is 5.59. The minimum atomic E-state index is -0.321. The molecule has 2 heterocycles. The van der Waals surface area contributed by atoms with Crippen LogP contribution in [0, 0.1) is 12.7 Å². The topological polar surface area (TPSA) is 73.1 Å². The third kappa shape index (κ3) is 2.45. The molecule has 114 valence electrons. The number of fused-ring (bicyclic) bond motifs is 1. The zero-order valence-corrected chi connectivity index (χ0v) is 12.4. The van der Waals surface area contributed by atoms with Gasteiger partial charge in [-0.2, -0.15) is 4.98 Å². The van der Waals surface area contributed by atoms with Gasteiger partial charge in [-0.3, -0.25) is 0 Å². The van der Waals surface area contributed by atoms with Crippen LogP contribution in [-0.2, 0) is 0 Å². The molecule has 3 rings (SSSR count). The third-order valence-electron chi connectivity index (χ3n) is 3.45. The normalized spacial score (nSPS) is 12.4. The van der Waals surface area contributed by atoms with Gasteiger partial charge >= 0.3 is 0 Å². The molecule has 7 heteroatoms. The summed E-state index contributed by atoms with van der Waals surface area (Å²) in [4.78, 5) is 8.25. The number of rotatable bonds is 4. The average Bonchev–Trinajstić information content (AvgIpc) is 2.90. The summed E-state index contributed by atoms with van der Waals surface area (Å²) in [6.07, 6.45) is 1.39. The van der Waals surface area contributed by atoms with Gasteiger partial charge in [-0.05, 0) is 32.0 Å². The predicted molar refractivity (Wildman–Crippen MR) is 79.3 cm³/mol. The molecule has 0 saturated carbocycles. The number of benzene rings is 1. The van der Waals surface area contributed by atoms with Crippen molar-refractivity contribution >= 4 is 16.9 Å². The number of anilines is 1. The maximum absolute atomic E-state index is 13.5. The first kappa shape index (κ1) is 14.2. The lowest BCUT2D eigenvalue weighted by molar-refractivity contribution is 0.406. The van der Waals surface area contributed by atoms with Gasteiger partial charge in [0.05, 0.1) is 18.8 Å². The molecule has 0 saturated heterocycles. The van der Waals surface area contributed by atoms with Crippen LogP contribution in [0.25, 0.3) is 11.1 Å². The molecule has 0 radical (unpaired) electrons. The Balaban J connectivity index is 1.98. The van der Waals surface area contributed by atoms with Crippen LogP contribution in [0.2, 0.25) is 0 Å². The number of methoxy groups -OCH3 is 1. The summed E-state index contributed by atoms with van der Waals surface area (Å²) >= 11 is 0. The van der Waals surface area contributed by atoms with Gasteiger partial charge in [0.25, 0.3) is 5.71 Å². The number of nitrogens with one attached hydrogen (secondary N) is 1. The maximum atomic E-state index is 13.5. The first-order valence-corrected chi connectivity index (χ1v) is 6.77. The zero-order chi connectivity index (χ0) is 15.7. The molecule has 2 aromatic heterocycles. The number of aryl methyl sites for hydroxylation is 1. The van der Waals surface area contributed by atoms with Crippen molar-refractivity contribution in [2.45, 2.75) is 19.9 Å². The Morgan fingerprint density at radius 1 is 1.32 bits per heavy atom. The number of ether oxygens (including phenoxy) is 1. The van der Waals surface area contributed by atoms with E-state index in [4.69, 9.17) is 9.26 Å². The number of nitrogens with zero attached hydrogens (tertiary/aromatic N) is 3. The van der Waals surface area contributed by atoms with Crippen molar-refractivity contribution in [1.82, 2.24) is 15.1 Å². The monoisotopic (exact) mass is 302 g/mol. The summed E-state index contributed by atoms with van der Waals surface area (Å²) in [5.41, 5.74) is 1.80. The Kier molecular flexibility index (Phi) is 3.62. The maximum Gasteiger partial charge on any atom is 0.263 e. The zero-order valence-electron chi connectivity index (χ0n) is 12.4. The number of aromatic nitrogens is 3. The molecule has 6 nitrogen and oxygen atoms in total. The SMILES string of the molecule is COc1ccc(F)cc1C(C)Nc1ncnc2onc(C)c12. The van der Waals surface area contributed by atoms with Gasteiger partial charge in [0.15, 0.2) is 0 Å². The molecule has 0 bridgehead atoms. The van der Waals surface area contributed by atoms with E-state index in [9.17, 15) is 4.39 Å². The molecule has 1 atom stereocenters. The van der Waals surface area contributed by atoms with Crippen molar-refractivity contribution in [2.24, 2.45) is 0 Å². The van der Waals surface area contributed by atoms with E-state index in [0.29, 0.717) is 33.9 Å². The van der Waals surface area contributed by atoms with E-state index in [0.717, 1.165) is 0 Å². The van der Waals surface area contributed by atoms with Crippen LogP contribution < -0.4 is 10.1 Å². The second-order valence-electron chi connectivity index (χ2n) is 4.92. The van der Waals surface area contributed by atoms with Gasteiger partial charge in [-0.15, -0.1) is 0 Å². The van der Waals surface area contributed by atoms with Crippen molar-refractivity contribution in [3.63, 3.8) is 0 Å². The van der Waals surface area contributed by atoms with Gasteiger partial charge in [-0.1, -0.05) is 5.16 Å². The number of halogens is 1. The van der Waals surface area contributed by atoms with Gasteiger partial charge < -0.3 is 14.6 Å². The fourth-order valence-corrected chi connectivity index (χ4v) is 2.36. The Morgan fingerprint density at radius 3 is 2.91 bits per heavy atom. The largest absolute Gasteiger partial charge is 0.496 e. The Bertz CT molecular complexity index is 818. The summed E-state index contributed by atoms with van der Waals surface area (Å²) in [6, 6.07) is 4.18. The van der Waals surface area contributed by atoms with E-state index < -0.39 is 0 Å². The van der Waals surface area contributed by atoms with Crippen LogP contribution >= 0.6 is 0 Å². The molecular weight excluding hydrogens is 287 g/mol. The van der Waals surface area contributed by atoms with Crippen LogP contribution in [0.1, 0.15) is 24.2 Å². The molecule has 3 aromatic rings. The Hall–Kier alpha value is -2.70. The Morgan fingerprint density at radius 2 is 2.14 bits per heavy atom. The van der Waals surface area contributed by atoms with Gasteiger partial charge in [0, 0.05) is 5.56 Å². The molecule has 1 aromatic carbocycles. The van der Waals surface area contributed by atoms with Gasteiger partial charge in [0.1, 0.15) is 29.1 Å². The molecule has 0 aliphatic carbocycles. The highest BCUT2D eigenvalue weighted by molar-refractivity contribution is 5.87. The van der Waals surface area contributed by atoms with E-state index in [1.807, 2.05) is 13.8 Å². The smallest absolute Gasteiger partial charge is 0.263 e. The van der Waals surface area contributed by atoms with Crippen molar-refractivity contribution < 1.29 is 13.7 Å². The average molecular weight is 302 g/mol. The fraction of sp³-hybridized carbons (Fsp3) is 0.267. The third-order valence-corrected chi connectivity index (χ3v) is 3.45. The summed E-state index contributed by atoms with van der Waals surface area (Å²) in [7, 11) is 1.55. The summed E-state index contributed by atoms with van der Waals surface area (Å²) in [5, 5.41) is 7.83. The van der Waals surface area contributed by atoms with Crippen molar-refractivity contribution in [3.8, 4) is 5.75 Å². The molecular formula is C15H15FN4O2. The van der Waals surface area contributed by atoms with Crippen molar-refractivity contribution in [2.75, 3.05) is 12.4 Å². The number of hydrogen-bond acceptors (Lipinski definition) is 6. The highest BCUT2D eigenvalue weighted by Crippen LogP contribution is 2.30. The van der Waals surface area contributed by atoms with E-state index in [-0.39, 0.29) is 11.9 Å². The standard InChI is InChI=1S/C15H15FN4O2/c1-8(11-6-10(16)4-5-12(11)21-3)19-14-13-9(2)20-22-15(13)18-7-17-14/h4-8H,1-3H3,(H,17,18,19). The van der Waals surface area contributed by atoms with Crippen LogP contribution in [-0.4, -0.2) is 22.2 Å². The van der Waals surface area contributed by atoms with Gasteiger partial charge in [0.2, 0.25) is 0 Å². The van der Waals surface area contributed by atoms with E-state index in [1.165, 1.54) is 18.5 Å². The first-order valence-electron chi connectivity index (χ1n) is 6.77. The molecule has 0 spiro atoms. The lowest BCUT2D eigenvalue weighted by atomic mass is 10.1. The molecule has 0 fully saturated rings. The van der Waals surface area contributed by atoms with Crippen molar-refractivity contribution in [3.05, 3.63) is 41.6 Å². The number of hydrogen-bond donors (Lipinski definition) is 1. The summed E-state index contributed by atoms with van der Waals surface area (Å²) in [6.45, 7) is 3.71. The molecule has 1 N–H and O–H groups in total. The predicted octanol–water partition coefficient (Wildman–Crippen LogP) is 3.25. The Labute approximate surface area is 126 Å². The lowest BCUT2D eigenvalue weighted by Gasteiger charge is -2.18. The van der Waals surface area contributed by atoms with E-state index in [2.05, 4.69) is 20.4 Å². The van der Waals surface area contributed by atoms with Crippen molar-refractivity contribution in [1.29, 1.82) is 0 Å². The summed E-state index contributed by atoms with van der Waals surface area (Å²) in [5.74, 6) is 0.870. The molecule has 0 aliphatic heterocycles. The molecule has 0 aliphatic rings. The minimum absolute atomic E-state index is 0.224. The highest BCUT2D eigenvalue weighted by Gasteiger charge is 2.17. The lowest BCUT2D eigenvalue weighted by Crippen LogP contribution is -2.10. The minimum Gasteiger partial charge on any atom is -0.496 e. The molecule has 1 unspecified atom stereocenters. The quantitative estimate of drug-likeness (QED) is 0.797. The van der Waals surface area contributed by atoms with Crippen LogP contribution in [0.15, 0.2) is 29.0 Å². The fourth-order valence-electron chi connectivity index (χ4n) is 2.36. The van der Waals surface area contributed by atoms with E-state index >= 15 is 0 Å². The summed E-state index contributed by atoms with van der Waals surface area (Å²) < 4.78 is 23.9. The van der Waals surface area contributed by atoms with E-state index in [1.54, 1.807) is 13.2 Å². The highest BCUT2D eigenvalue weighted by atomic mass is 19.1. The first-order chi connectivity index (χ1) is 10.6. The molecule has 22 heavy (non-hydrogen) atoms.